The minimum absolute atomic E-state index is 0. The van der Waals surface area contributed by atoms with Crippen molar-refractivity contribution in [2.75, 3.05) is 27.9 Å². The summed E-state index contributed by atoms with van der Waals surface area (Å²) in [7, 11) is 5.01. The van der Waals surface area contributed by atoms with Gasteiger partial charge in [0.15, 0.2) is 0 Å². The molecule has 1 aliphatic rings. The third-order valence-corrected chi connectivity index (χ3v) is 4.95. The minimum atomic E-state index is 0. The third kappa shape index (κ3) is 4.30. The van der Waals surface area contributed by atoms with Gasteiger partial charge in [0.25, 0.3) is 0 Å². The summed E-state index contributed by atoms with van der Waals surface area (Å²) in [5.74, 6) is 3.26. The fourth-order valence-electron chi connectivity index (χ4n) is 3.45. The molecule has 4 nitrogen and oxygen atoms in total. The molecule has 0 unspecified atom stereocenters. The lowest BCUT2D eigenvalue weighted by Crippen LogP contribution is -2.12. The smallest absolute Gasteiger partial charge is 0.131 e. The Kier molecular flexibility index (Phi) is 7.59. The van der Waals surface area contributed by atoms with Crippen LogP contribution in [-0.2, 0) is 0 Å². The van der Waals surface area contributed by atoms with Gasteiger partial charge in [-0.2, -0.15) is 0 Å². The highest BCUT2D eigenvalue weighted by molar-refractivity contribution is 6.01. The van der Waals surface area contributed by atoms with Crippen LogP contribution in [0.5, 0.6) is 23.0 Å². The van der Waals surface area contributed by atoms with Crippen molar-refractivity contribution in [2.45, 2.75) is 7.43 Å². The molecule has 1 aliphatic heterocycles. The topological polar surface area (TPSA) is 36.9 Å². The number of methoxy groups -OCH3 is 3. The molecule has 0 aromatic heterocycles. The van der Waals surface area contributed by atoms with E-state index in [1.807, 2.05) is 36.4 Å². The van der Waals surface area contributed by atoms with Crippen molar-refractivity contribution in [2.24, 2.45) is 0 Å². The molecule has 4 rings (SSSR count). The molecule has 0 saturated carbocycles. The van der Waals surface area contributed by atoms with E-state index in [4.69, 9.17) is 18.9 Å². The first kappa shape index (κ1) is 22.9. The van der Waals surface area contributed by atoms with E-state index in [0.717, 1.165) is 50.8 Å². The first-order valence-electron chi connectivity index (χ1n) is 9.06. The van der Waals surface area contributed by atoms with Crippen LogP contribution in [0.2, 0.25) is 0 Å². The predicted octanol–water partition coefficient (Wildman–Crippen LogP) is 5.32. The van der Waals surface area contributed by atoms with Gasteiger partial charge in [-0.05, 0) is 53.1 Å². The van der Waals surface area contributed by atoms with E-state index in [1.54, 1.807) is 21.3 Å². The lowest BCUT2D eigenvalue weighted by atomic mass is 9.87. The Labute approximate surface area is 180 Å². The number of hydrogen-bond acceptors (Lipinski definition) is 4. The average Bonchev–Trinajstić information content (AvgIpc) is 2.78. The maximum atomic E-state index is 6.09. The van der Waals surface area contributed by atoms with Crippen LogP contribution >= 0.6 is 0 Å². The molecule has 0 atom stereocenters. The average molecular weight is 401 g/mol. The zero-order chi connectivity index (χ0) is 19.5. The van der Waals surface area contributed by atoms with Gasteiger partial charge in [-0.1, -0.05) is 31.7 Å². The quantitative estimate of drug-likeness (QED) is 0.543. The van der Waals surface area contributed by atoms with E-state index in [0.29, 0.717) is 6.61 Å². The van der Waals surface area contributed by atoms with Crippen molar-refractivity contribution in [3.63, 3.8) is 0 Å². The molecule has 1 heterocycles. The van der Waals surface area contributed by atoms with E-state index >= 15 is 0 Å². The second-order valence-corrected chi connectivity index (χ2v) is 6.46. The fraction of sp³-hybridized carbons (Fsp3) is 0.200. The molecule has 0 N–H and O–H groups in total. The van der Waals surface area contributed by atoms with Gasteiger partial charge in [-0.15, -0.1) is 0 Å². The summed E-state index contributed by atoms with van der Waals surface area (Å²) in [5, 5.41) is 0. The molecule has 153 valence electrons. The molecule has 5 heteroatoms. The lowest BCUT2D eigenvalue weighted by Gasteiger charge is -2.25. The normalized spacial score (nSPS) is 12.0. The fourth-order valence-corrected chi connectivity index (χ4v) is 3.45. The summed E-state index contributed by atoms with van der Waals surface area (Å²) >= 11 is 0. The molecule has 0 bridgehead atoms. The maximum Gasteiger partial charge on any atom is 0.131 e. The minimum Gasteiger partial charge on any atom is -0.497 e. The van der Waals surface area contributed by atoms with Crippen molar-refractivity contribution in [1.29, 1.82) is 0 Å². The molecule has 3 aromatic carbocycles. The third-order valence-electron chi connectivity index (χ3n) is 4.95. The second-order valence-electron chi connectivity index (χ2n) is 6.46. The van der Waals surface area contributed by atoms with Crippen LogP contribution in [0.15, 0.2) is 66.7 Å². The van der Waals surface area contributed by atoms with Gasteiger partial charge in [0.05, 0.1) is 21.3 Å². The molecule has 0 aliphatic carbocycles. The Bertz CT molecular complexity index is 1010. The largest absolute Gasteiger partial charge is 0.497 e. The van der Waals surface area contributed by atoms with Gasteiger partial charge in [-0.25, -0.2) is 0 Å². The van der Waals surface area contributed by atoms with Crippen molar-refractivity contribution < 1.29 is 18.9 Å². The molecule has 0 amide bonds. The summed E-state index contributed by atoms with van der Waals surface area (Å²) < 4.78 is 22.1. The van der Waals surface area contributed by atoms with Crippen LogP contribution in [0.25, 0.3) is 11.1 Å². The summed E-state index contributed by atoms with van der Waals surface area (Å²) in [6.45, 7) is 0.480. The number of rotatable bonds is 5. The van der Waals surface area contributed by atoms with Crippen LogP contribution in [-0.4, -0.2) is 36.3 Å². The van der Waals surface area contributed by atoms with Crippen molar-refractivity contribution in [3.8, 4) is 23.0 Å². The van der Waals surface area contributed by atoms with Gasteiger partial charge in [0.1, 0.15) is 29.6 Å². The highest BCUT2D eigenvalue weighted by Gasteiger charge is 2.23. The highest BCUT2D eigenvalue weighted by atomic mass is 16.5. The lowest BCUT2D eigenvalue weighted by molar-refractivity contribution is 0.358. The van der Waals surface area contributed by atoms with Crippen LogP contribution in [0.1, 0.15) is 24.1 Å². The molecular formula is C25H26BO4. The van der Waals surface area contributed by atoms with E-state index in [9.17, 15) is 0 Å². The maximum absolute atomic E-state index is 6.09. The van der Waals surface area contributed by atoms with E-state index in [1.165, 1.54) is 0 Å². The SMILES string of the molecule is C.COc1ccc(C2=C(c3ccc(OC)cc3)c3ccc(OC)cc3OC2)cc1.[B]. The van der Waals surface area contributed by atoms with Crippen molar-refractivity contribution >= 4 is 19.6 Å². The molecule has 30 heavy (non-hydrogen) atoms. The monoisotopic (exact) mass is 401 g/mol. The number of hydrogen-bond donors (Lipinski definition) is 0. The number of benzene rings is 3. The van der Waals surface area contributed by atoms with E-state index in [2.05, 4.69) is 30.3 Å². The second kappa shape index (κ2) is 9.92. The zero-order valence-corrected chi connectivity index (χ0v) is 16.8. The summed E-state index contributed by atoms with van der Waals surface area (Å²) in [5.41, 5.74) is 5.54. The first-order chi connectivity index (χ1) is 13.7. The van der Waals surface area contributed by atoms with Crippen LogP contribution in [0.4, 0.5) is 0 Å². The van der Waals surface area contributed by atoms with Crippen molar-refractivity contribution in [1.82, 2.24) is 0 Å². The van der Waals surface area contributed by atoms with Gasteiger partial charge in [0.2, 0.25) is 0 Å². The Hall–Kier alpha value is -3.34. The zero-order valence-electron chi connectivity index (χ0n) is 16.8. The number of ether oxygens (including phenoxy) is 4. The Morgan fingerprint density at radius 1 is 0.667 bits per heavy atom. The Morgan fingerprint density at radius 3 is 1.70 bits per heavy atom. The van der Waals surface area contributed by atoms with E-state index in [-0.39, 0.29) is 15.8 Å². The predicted molar refractivity (Wildman–Crippen MR) is 123 cm³/mol. The van der Waals surface area contributed by atoms with Gasteiger partial charge >= 0.3 is 0 Å². The number of fused-ring (bicyclic) bond motifs is 1. The van der Waals surface area contributed by atoms with Crippen LogP contribution in [0.3, 0.4) is 0 Å². The summed E-state index contributed by atoms with van der Waals surface area (Å²) in [6, 6.07) is 22.1. The molecule has 3 radical (unpaired) electrons. The Morgan fingerprint density at radius 2 is 1.17 bits per heavy atom. The van der Waals surface area contributed by atoms with Gasteiger partial charge in [-0.3, -0.25) is 0 Å². The molecule has 0 fully saturated rings. The first-order valence-corrected chi connectivity index (χ1v) is 9.06. The molecule has 0 spiro atoms. The van der Waals surface area contributed by atoms with Crippen LogP contribution in [0, 0.1) is 0 Å². The summed E-state index contributed by atoms with van der Waals surface area (Å²) in [4.78, 5) is 0. The van der Waals surface area contributed by atoms with Crippen LogP contribution < -0.4 is 18.9 Å². The standard InChI is InChI=1S/C24H22O4.CH4.B/c1-25-18-8-4-16(5-9-18)22-15-28-23-14-20(27-3)12-13-21(23)24(22)17-6-10-19(26-2)11-7-17;;/h4-14H,15H2,1-3H3;1H4;. The van der Waals surface area contributed by atoms with Gasteiger partial charge < -0.3 is 18.9 Å². The van der Waals surface area contributed by atoms with Crippen molar-refractivity contribution in [3.05, 3.63) is 83.4 Å². The molecule has 0 saturated heterocycles. The molecule has 3 aromatic rings. The van der Waals surface area contributed by atoms with E-state index < -0.39 is 0 Å². The van der Waals surface area contributed by atoms with Gasteiger partial charge in [0, 0.05) is 25.6 Å². The Balaban J connectivity index is 0.00000160. The summed E-state index contributed by atoms with van der Waals surface area (Å²) in [6.07, 6.45) is 0. The molecular weight excluding hydrogens is 375 g/mol. The highest BCUT2D eigenvalue weighted by Crippen LogP contribution is 2.42.